The standard InChI is InChI=1S/C28H34FNO5/c1-5-13-28(14-6-2)18(3)25(32)26(33)27(35-28)34-23-11-10-20(12-15-30-19(4)31)24(17-23)21-8-7-9-22(29)16-21/h5-11,16-18,25-27,32-33H,1-2,12-15H2,3-4H3,(H,30,31)/t18-,25-,26-,27+/m1/s1. The van der Waals surface area contributed by atoms with Gasteiger partial charge in [0.2, 0.25) is 12.2 Å². The SMILES string of the molecule is C=CCC1(CC=C)O[C@H](Oc2ccc(CCNC(C)=O)c(-c3cccc(F)c3)c2)[C@H](O)[C@H](O)[C@H]1C. The Balaban J connectivity index is 1.93. The summed E-state index contributed by atoms with van der Waals surface area (Å²) in [6, 6.07) is 11.5. The third-order valence-corrected chi connectivity index (χ3v) is 6.54. The number of benzene rings is 2. The maximum absolute atomic E-state index is 14.0. The molecule has 1 amide bonds. The molecule has 6 nitrogen and oxygen atoms in total. The van der Waals surface area contributed by atoms with E-state index in [0.29, 0.717) is 37.1 Å². The quantitative estimate of drug-likeness (QED) is 0.442. The van der Waals surface area contributed by atoms with Gasteiger partial charge in [-0.1, -0.05) is 37.3 Å². The molecule has 4 atom stereocenters. The zero-order valence-electron chi connectivity index (χ0n) is 20.2. The molecular weight excluding hydrogens is 449 g/mol. The number of halogens is 1. The molecule has 7 heteroatoms. The van der Waals surface area contributed by atoms with E-state index >= 15 is 0 Å². The largest absolute Gasteiger partial charge is 0.462 e. The number of rotatable bonds is 10. The van der Waals surface area contributed by atoms with Crippen LogP contribution in [0.5, 0.6) is 5.75 Å². The number of amides is 1. The molecule has 2 aromatic carbocycles. The van der Waals surface area contributed by atoms with Gasteiger partial charge in [0.15, 0.2) is 0 Å². The molecule has 1 aliphatic heterocycles. The molecule has 0 saturated carbocycles. The van der Waals surface area contributed by atoms with Crippen LogP contribution in [0.3, 0.4) is 0 Å². The lowest BCUT2D eigenvalue weighted by molar-refractivity contribution is -0.293. The fourth-order valence-corrected chi connectivity index (χ4v) is 4.59. The lowest BCUT2D eigenvalue weighted by atomic mass is 9.75. The second-order valence-electron chi connectivity index (χ2n) is 8.99. The van der Waals surface area contributed by atoms with E-state index in [9.17, 15) is 19.4 Å². The van der Waals surface area contributed by atoms with E-state index in [1.54, 1.807) is 36.4 Å². The van der Waals surface area contributed by atoms with Gasteiger partial charge in [-0.2, -0.15) is 0 Å². The second kappa shape index (κ2) is 11.6. The second-order valence-corrected chi connectivity index (χ2v) is 8.99. The minimum Gasteiger partial charge on any atom is -0.462 e. The number of hydrogen-bond donors (Lipinski definition) is 3. The van der Waals surface area contributed by atoms with Gasteiger partial charge in [0.25, 0.3) is 0 Å². The van der Waals surface area contributed by atoms with Crippen LogP contribution >= 0.6 is 0 Å². The van der Waals surface area contributed by atoms with E-state index in [0.717, 1.165) is 11.1 Å². The van der Waals surface area contributed by atoms with Crippen molar-refractivity contribution in [2.24, 2.45) is 5.92 Å². The van der Waals surface area contributed by atoms with Crippen LogP contribution in [0.25, 0.3) is 11.1 Å². The van der Waals surface area contributed by atoms with Crippen molar-refractivity contribution >= 4 is 5.91 Å². The zero-order valence-corrected chi connectivity index (χ0v) is 20.2. The van der Waals surface area contributed by atoms with E-state index in [1.165, 1.54) is 19.1 Å². The molecule has 2 aromatic rings. The monoisotopic (exact) mass is 483 g/mol. The smallest absolute Gasteiger partial charge is 0.229 e. The third-order valence-electron chi connectivity index (χ3n) is 6.54. The van der Waals surface area contributed by atoms with Crippen LogP contribution in [0, 0.1) is 11.7 Å². The molecule has 1 saturated heterocycles. The summed E-state index contributed by atoms with van der Waals surface area (Å²) in [4.78, 5) is 11.3. The summed E-state index contributed by atoms with van der Waals surface area (Å²) in [7, 11) is 0. The molecule has 188 valence electrons. The Kier molecular flexibility index (Phi) is 8.83. The number of nitrogens with one attached hydrogen (secondary N) is 1. The topological polar surface area (TPSA) is 88.0 Å². The van der Waals surface area contributed by atoms with Gasteiger partial charge in [0, 0.05) is 19.4 Å². The molecule has 0 bridgehead atoms. The molecule has 0 spiro atoms. The van der Waals surface area contributed by atoms with Crippen molar-refractivity contribution in [3.05, 3.63) is 79.2 Å². The first kappa shape index (κ1) is 26.6. The molecule has 0 radical (unpaired) electrons. The van der Waals surface area contributed by atoms with E-state index in [4.69, 9.17) is 9.47 Å². The molecule has 3 N–H and O–H groups in total. The fraction of sp³-hybridized carbons (Fsp3) is 0.393. The van der Waals surface area contributed by atoms with Crippen molar-refractivity contribution in [1.82, 2.24) is 5.32 Å². The van der Waals surface area contributed by atoms with Gasteiger partial charge in [-0.25, -0.2) is 4.39 Å². The maximum atomic E-state index is 14.0. The molecule has 1 fully saturated rings. The highest BCUT2D eigenvalue weighted by Gasteiger charge is 2.51. The van der Waals surface area contributed by atoms with Crippen molar-refractivity contribution in [2.75, 3.05) is 6.54 Å². The fourth-order valence-electron chi connectivity index (χ4n) is 4.59. The van der Waals surface area contributed by atoms with Gasteiger partial charge in [-0.15, -0.1) is 13.2 Å². The number of carbonyl (C=O) groups is 1. The summed E-state index contributed by atoms with van der Waals surface area (Å²) in [5, 5.41) is 24.3. The average Bonchev–Trinajstić information content (AvgIpc) is 2.82. The van der Waals surface area contributed by atoms with Crippen molar-refractivity contribution in [1.29, 1.82) is 0 Å². The van der Waals surface area contributed by atoms with Crippen molar-refractivity contribution < 1.29 is 28.9 Å². The summed E-state index contributed by atoms with van der Waals surface area (Å²) in [5.74, 6) is -0.490. The van der Waals surface area contributed by atoms with Crippen LogP contribution in [-0.4, -0.2) is 46.8 Å². The van der Waals surface area contributed by atoms with Crippen LogP contribution < -0.4 is 10.1 Å². The van der Waals surface area contributed by atoms with Gasteiger partial charge in [0.05, 0.1) is 11.7 Å². The predicted octanol–water partition coefficient (Wildman–Crippen LogP) is 4.16. The van der Waals surface area contributed by atoms with Gasteiger partial charge < -0.3 is 25.0 Å². The molecule has 0 aromatic heterocycles. The molecule has 0 unspecified atom stereocenters. The molecular formula is C28H34FNO5. The maximum Gasteiger partial charge on any atom is 0.229 e. The van der Waals surface area contributed by atoms with Gasteiger partial charge in [-0.05, 0) is 60.2 Å². The minimum absolute atomic E-state index is 0.129. The number of carbonyl (C=O) groups excluding carboxylic acids is 1. The zero-order chi connectivity index (χ0) is 25.6. The van der Waals surface area contributed by atoms with Crippen LogP contribution in [0.2, 0.25) is 0 Å². The lowest BCUT2D eigenvalue weighted by Gasteiger charge is -2.49. The first-order chi connectivity index (χ1) is 16.7. The highest BCUT2D eigenvalue weighted by molar-refractivity contribution is 5.73. The Morgan fingerprint density at radius 2 is 1.89 bits per heavy atom. The number of aliphatic hydroxyl groups excluding tert-OH is 2. The molecule has 1 aliphatic rings. The molecule has 35 heavy (non-hydrogen) atoms. The first-order valence-corrected chi connectivity index (χ1v) is 11.8. The molecule has 1 heterocycles. The summed E-state index contributed by atoms with van der Waals surface area (Å²) in [6.07, 6.45) is 1.37. The highest BCUT2D eigenvalue weighted by atomic mass is 19.1. The van der Waals surface area contributed by atoms with E-state index in [1.807, 2.05) is 13.0 Å². The predicted molar refractivity (Wildman–Crippen MR) is 133 cm³/mol. The van der Waals surface area contributed by atoms with Crippen LogP contribution in [-0.2, 0) is 16.0 Å². The summed E-state index contributed by atoms with van der Waals surface area (Å²) >= 11 is 0. The summed E-state index contributed by atoms with van der Waals surface area (Å²) < 4.78 is 26.3. The normalized spacial score (nSPS) is 23.3. The number of aliphatic hydroxyl groups is 2. The first-order valence-electron chi connectivity index (χ1n) is 11.8. The van der Waals surface area contributed by atoms with E-state index in [2.05, 4.69) is 18.5 Å². The van der Waals surface area contributed by atoms with E-state index in [-0.39, 0.29) is 17.6 Å². The molecule has 0 aliphatic carbocycles. The highest BCUT2D eigenvalue weighted by Crippen LogP contribution is 2.41. The Morgan fingerprint density at radius 3 is 2.51 bits per heavy atom. The lowest BCUT2D eigenvalue weighted by Crippen LogP contribution is -2.61. The van der Waals surface area contributed by atoms with E-state index < -0.39 is 24.1 Å². The number of ether oxygens (including phenoxy) is 2. The van der Waals surface area contributed by atoms with Crippen LogP contribution in [0.4, 0.5) is 4.39 Å². The average molecular weight is 484 g/mol. The Bertz CT molecular complexity index is 1050. The minimum atomic E-state index is -1.27. The summed E-state index contributed by atoms with van der Waals surface area (Å²) in [6.45, 7) is 11.3. The Morgan fingerprint density at radius 1 is 1.17 bits per heavy atom. The van der Waals surface area contributed by atoms with Crippen LogP contribution in [0.1, 0.15) is 32.3 Å². The third kappa shape index (κ3) is 6.17. The van der Waals surface area contributed by atoms with Crippen molar-refractivity contribution in [3.8, 4) is 16.9 Å². The summed E-state index contributed by atoms with van der Waals surface area (Å²) in [5.41, 5.74) is 1.45. The van der Waals surface area contributed by atoms with Gasteiger partial charge in [0.1, 0.15) is 17.7 Å². The van der Waals surface area contributed by atoms with Gasteiger partial charge in [-0.3, -0.25) is 4.79 Å². The van der Waals surface area contributed by atoms with Crippen LogP contribution in [0.15, 0.2) is 67.8 Å². The van der Waals surface area contributed by atoms with Crippen molar-refractivity contribution in [3.63, 3.8) is 0 Å². The van der Waals surface area contributed by atoms with Crippen molar-refractivity contribution in [2.45, 2.75) is 57.2 Å². The molecule has 3 rings (SSSR count). The number of hydrogen-bond acceptors (Lipinski definition) is 5. The van der Waals surface area contributed by atoms with Gasteiger partial charge >= 0.3 is 0 Å². The Hall–Kier alpha value is -3.00. The Labute approximate surface area is 206 Å².